The fraction of sp³-hybridized carbons (Fsp3) is 0.579. The maximum atomic E-state index is 12.3. The minimum atomic E-state index is -4.37. The third-order valence-electron chi connectivity index (χ3n) is 4.69. The predicted molar refractivity (Wildman–Crippen MR) is 96.6 cm³/mol. The summed E-state index contributed by atoms with van der Waals surface area (Å²) in [6, 6.07) is 5.10. The zero-order valence-corrected chi connectivity index (χ0v) is 16.1. The van der Waals surface area contributed by atoms with E-state index in [0.717, 1.165) is 5.56 Å². The third kappa shape index (κ3) is 6.78. The van der Waals surface area contributed by atoms with Gasteiger partial charge in [0, 0.05) is 32.3 Å². The molecule has 2 aliphatic rings. The molecule has 0 fully saturated rings. The largest absolute Gasteiger partial charge is 0.491 e. The second-order valence-corrected chi connectivity index (χ2v) is 7.19. The Bertz CT molecular complexity index is 738. The lowest BCUT2D eigenvalue weighted by Crippen LogP contribution is -2.49. The molecule has 30 heavy (non-hydrogen) atoms. The minimum absolute atomic E-state index is 0.0646. The molecule has 2 aliphatic heterocycles. The molecular formula is C19H23F6N3O2. The van der Waals surface area contributed by atoms with Gasteiger partial charge in [0.25, 0.3) is 0 Å². The quantitative estimate of drug-likeness (QED) is 0.497. The van der Waals surface area contributed by atoms with Gasteiger partial charge >= 0.3 is 12.4 Å². The van der Waals surface area contributed by atoms with Crippen LogP contribution in [0.3, 0.4) is 0 Å². The van der Waals surface area contributed by atoms with Crippen LogP contribution in [0.15, 0.2) is 30.5 Å². The zero-order valence-electron chi connectivity index (χ0n) is 16.1. The monoisotopic (exact) mass is 439 g/mol. The first-order valence-corrected chi connectivity index (χ1v) is 9.47. The number of hydrazine groups is 1. The lowest BCUT2D eigenvalue weighted by molar-refractivity contribution is -0.176. The van der Waals surface area contributed by atoms with Gasteiger partial charge < -0.3 is 19.8 Å². The van der Waals surface area contributed by atoms with Crippen molar-refractivity contribution in [1.82, 2.24) is 15.3 Å². The highest BCUT2D eigenvalue weighted by atomic mass is 19.4. The molecule has 1 aromatic carbocycles. The lowest BCUT2D eigenvalue weighted by atomic mass is 10.00. The van der Waals surface area contributed by atoms with Crippen molar-refractivity contribution in [1.29, 1.82) is 0 Å². The number of hydrogen-bond donors (Lipinski definition) is 1. The number of halogens is 6. The fourth-order valence-electron chi connectivity index (χ4n) is 3.44. The van der Waals surface area contributed by atoms with Gasteiger partial charge in [0.1, 0.15) is 19.0 Å². The Balaban J connectivity index is 1.54. The number of hydrogen-bond acceptors (Lipinski definition) is 5. The predicted octanol–water partition coefficient (Wildman–Crippen LogP) is 3.27. The minimum Gasteiger partial charge on any atom is -0.491 e. The van der Waals surface area contributed by atoms with Crippen LogP contribution in [0.1, 0.15) is 11.1 Å². The van der Waals surface area contributed by atoms with E-state index in [1.54, 1.807) is 18.2 Å². The molecule has 0 saturated heterocycles. The van der Waals surface area contributed by atoms with Gasteiger partial charge in [0.15, 0.2) is 0 Å². The summed E-state index contributed by atoms with van der Waals surface area (Å²) in [4.78, 5) is 0. The Labute approximate surface area is 170 Å². The van der Waals surface area contributed by atoms with Crippen LogP contribution in [0.4, 0.5) is 26.3 Å². The molecule has 1 N–H and O–H groups in total. The van der Waals surface area contributed by atoms with Gasteiger partial charge in [-0.25, -0.2) is 5.01 Å². The molecule has 0 saturated carbocycles. The summed E-state index contributed by atoms with van der Waals surface area (Å²) < 4.78 is 84.0. The molecule has 3 rings (SSSR count). The SMILES string of the molecule is FC(F)(F)CNCCN1CC=CN1[C@H]1COc2ccc(COCC(F)(F)F)cc2C1. The summed E-state index contributed by atoms with van der Waals surface area (Å²) in [5, 5.41) is 6.26. The van der Waals surface area contributed by atoms with Gasteiger partial charge in [0.05, 0.1) is 19.2 Å². The van der Waals surface area contributed by atoms with E-state index in [1.165, 1.54) is 0 Å². The molecule has 2 heterocycles. The third-order valence-corrected chi connectivity index (χ3v) is 4.69. The summed E-state index contributed by atoms with van der Waals surface area (Å²) >= 11 is 0. The second kappa shape index (κ2) is 9.44. The zero-order chi connectivity index (χ0) is 21.8. The van der Waals surface area contributed by atoms with Crippen LogP contribution in [-0.2, 0) is 17.8 Å². The summed E-state index contributed by atoms with van der Waals surface area (Å²) in [5.74, 6) is 0.674. The van der Waals surface area contributed by atoms with Crippen LogP contribution in [0.5, 0.6) is 5.75 Å². The van der Waals surface area contributed by atoms with E-state index in [1.807, 2.05) is 22.3 Å². The highest BCUT2D eigenvalue weighted by Gasteiger charge is 2.31. The van der Waals surface area contributed by atoms with Crippen molar-refractivity contribution in [2.75, 3.05) is 39.4 Å². The lowest BCUT2D eigenvalue weighted by Gasteiger charge is -2.38. The average Bonchev–Trinajstić information content (AvgIpc) is 3.11. The maximum Gasteiger partial charge on any atom is 0.411 e. The van der Waals surface area contributed by atoms with Crippen LogP contribution in [0.2, 0.25) is 0 Å². The number of alkyl halides is 6. The molecule has 0 aliphatic carbocycles. The molecular weight excluding hydrogens is 416 g/mol. The Kier molecular flexibility index (Phi) is 7.14. The number of nitrogens with zero attached hydrogens (tertiary/aromatic N) is 2. The number of ether oxygens (including phenoxy) is 2. The smallest absolute Gasteiger partial charge is 0.411 e. The van der Waals surface area contributed by atoms with Crippen LogP contribution >= 0.6 is 0 Å². The first-order valence-electron chi connectivity index (χ1n) is 9.47. The van der Waals surface area contributed by atoms with Crippen LogP contribution in [-0.4, -0.2) is 67.8 Å². The van der Waals surface area contributed by atoms with E-state index in [4.69, 9.17) is 9.47 Å². The Hall–Kier alpha value is -1.98. The van der Waals surface area contributed by atoms with Crippen molar-refractivity contribution in [3.63, 3.8) is 0 Å². The van der Waals surface area contributed by atoms with E-state index >= 15 is 0 Å². The van der Waals surface area contributed by atoms with Crippen molar-refractivity contribution in [2.45, 2.75) is 31.4 Å². The van der Waals surface area contributed by atoms with Crippen LogP contribution in [0, 0.1) is 0 Å². The van der Waals surface area contributed by atoms with E-state index in [0.29, 0.717) is 37.4 Å². The molecule has 0 bridgehead atoms. The fourth-order valence-corrected chi connectivity index (χ4v) is 3.44. The summed E-state index contributed by atoms with van der Waals surface area (Å²) in [7, 11) is 0. The molecule has 0 amide bonds. The molecule has 168 valence electrons. The average molecular weight is 439 g/mol. The molecule has 0 radical (unpaired) electrons. The maximum absolute atomic E-state index is 12.3. The van der Waals surface area contributed by atoms with E-state index in [2.05, 4.69) is 5.32 Å². The highest BCUT2D eigenvalue weighted by Crippen LogP contribution is 2.29. The molecule has 1 atom stereocenters. The van der Waals surface area contributed by atoms with E-state index in [9.17, 15) is 26.3 Å². The second-order valence-electron chi connectivity index (χ2n) is 7.19. The van der Waals surface area contributed by atoms with Gasteiger partial charge in [-0.3, -0.25) is 0 Å². The van der Waals surface area contributed by atoms with Crippen LogP contribution < -0.4 is 10.1 Å². The van der Waals surface area contributed by atoms with Crippen molar-refractivity contribution in [3.8, 4) is 5.75 Å². The normalized spacial score (nSPS) is 19.8. The Morgan fingerprint density at radius 1 is 1.13 bits per heavy atom. The van der Waals surface area contributed by atoms with Crippen LogP contribution in [0.25, 0.3) is 0 Å². The standard InChI is InChI=1S/C19H23F6N3O2/c20-18(21,22)12-26-4-7-27-5-1-6-28(27)16-9-15-8-14(2-3-17(15)30-11-16)10-29-13-19(23,24)25/h1-3,6,8,16,26H,4-5,7,9-13H2/t16-/m1/s1. The summed E-state index contributed by atoms with van der Waals surface area (Å²) in [5.41, 5.74) is 1.47. The summed E-state index contributed by atoms with van der Waals surface area (Å²) in [6.45, 7) is -0.930. The summed E-state index contributed by atoms with van der Waals surface area (Å²) in [6.07, 6.45) is -4.23. The van der Waals surface area contributed by atoms with Crippen molar-refractivity contribution in [3.05, 3.63) is 41.6 Å². The van der Waals surface area contributed by atoms with Gasteiger partial charge in [-0.15, -0.1) is 0 Å². The molecule has 0 aromatic heterocycles. The van der Waals surface area contributed by atoms with Crippen molar-refractivity contribution >= 4 is 0 Å². The van der Waals surface area contributed by atoms with Gasteiger partial charge in [0.2, 0.25) is 0 Å². The van der Waals surface area contributed by atoms with E-state index < -0.39 is 25.5 Å². The Morgan fingerprint density at radius 2 is 1.93 bits per heavy atom. The first kappa shape index (κ1) is 22.7. The topological polar surface area (TPSA) is 37.0 Å². The van der Waals surface area contributed by atoms with Gasteiger partial charge in [-0.2, -0.15) is 26.3 Å². The first-order chi connectivity index (χ1) is 14.1. The number of nitrogens with one attached hydrogen (secondary N) is 1. The molecule has 5 nitrogen and oxygen atoms in total. The molecule has 0 spiro atoms. The molecule has 11 heteroatoms. The Morgan fingerprint density at radius 3 is 2.67 bits per heavy atom. The van der Waals surface area contributed by atoms with Crippen molar-refractivity contribution < 1.29 is 35.8 Å². The number of benzene rings is 1. The van der Waals surface area contributed by atoms with Gasteiger partial charge in [-0.1, -0.05) is 12.1 Å². The number of fused-ring (bicyclic) bond motifs is 1. The van der Waals surface area contributed by atoms with E-state index in [-0.39, 0.29) is 19.2 Å². The van der Waals surface area contributed by atoms with Crippen molar-refractivity contribution in [2.24, 2.45) is 0 Å². The number of rotatable bonds is 8. The highest BCUT2D eigenvalue weighted by molar-refractivity contribution is 5.39. The van der Waals surface area contributed by atoms with Gasteiger partial charge in [-0.05, 0) is 23.3 Å². The molecule has 0 unspecified atom stereocenters. The molecule has 1 aromatic rings.